The van der Waals surface area contributed by atoms with Crippen molar-refractivity contribution in [1.29, 1.82) is 0 Å². The third-order valence-electron chi connectivity index (χ3n) is 10.8. The number of hydrogen-bond acceptors (Lipinski definition) is 3. The topological polar surface area (TPSA) is 43.6 Å². The fraction of sp³-hybridized carbons (Fsp3) is 0. The van der Waals surface area contributed by atoms with Gasteiger partial charge < -0.3 is 4.57 Å². The summed E-state index contributed by atoms with van der Waals surface area (Å²) in [6.07, 6.45) is 0. The first-order valence-electron chi connectivity index (χ1n) is 18.6. The zero-order valence-electron chi connectivity index (χ0n) is 29.8. The van der Waals surface area contributed by atoms with Gasteiger partial charge in [0.25, 0.3) is 0 Å². The van der Waals surface area contributed by atoms with Gasteiger partial charge in [-0.15, -0.1) is 0 Å². The molecule has 9 aromatic carbocycles. The summed E-state index contributed by atoms with van der Waals surface area (Å²) < 4.78 is 2.41. The van der Waals surface area contributed by atoms with Gasteiger partial charge in [0, 0.05) is 32.8 Å². The van der Waals surface area contributed by atoms with Crippen molar-refractivity contribution in [2.45, 2.75) is 0 Å². The van der Waals surface area contributed by atoms with E-state index in [-0.39, 0.29) is 0 Å². The predicted molar refractivity (Wildman–Crippen MR) is 228 cm³/mol. The Hall–Kier alpha value is -7.43. The van der Waals surface area contributed by atoms with Gasteiger partial charge in [-0.2, -0.15) is 0 Å². The third kappa shape index (κ3) is 5.26. The van der Waals surface area contributed by atoms with Crippen molar-refractivity contribution in [3.8, 4) is 51.0 Å². The van der Waals surface area contributed by atoms with Crippen molar-refractivity contribution in [1.82, 2.24) is 19.5 Å². The molecule has 0 saturated heterocycles. The smallest absolute Gasteiger partial charge is 0.164 e. The first-order chi connectivity index (χ1) is 27.2. The van der Waals surface area contributed by atoms with E-state index >= 15 is 0 Å². The summed E-state index contributed by atoms with van der Waals surface area (Å²) in [5, 5.41) is 9.69. The Morgan fingerprint density at radius 3 is 1.60 bits per heavy atom. The highest BCUT2D eigenvalue weighted by molar-refractivity contribution is 6.21. The van der Waals surface area contributed by atoms with E-state index in [1.165, 1.54) is 37.9 Å². The summed E-state index contributed by atoms with van der Waals surface area (Å²) in [5.41, 5.74) is 8.51. The van der Waals surface area contributed by atoms with Gasteiger partial charge in [-0.3, -0.25) is 0 Å². The molecule has 2 heterocycles. The zero-order valence-corrected chi connectivity index (χ0v) is 29.8. The van der Waals surface area contributed by atoms with Crippen molar-refractivity contribution < 1.29 is 0 Å². The summed E-state index contributed by atoms with van der Waals surface area (Å²) in [7, 11) is 0. The molecule has 11 rings (SSSR count). The molecule has 4 nitrogen and oxygen atoms in total. The molecule has 0 fully saturated rings. The second kappa shape index (κ2) is 12.6. The molecule has 11 aromatic rings. The highest BCUT2D eigenvalue weighted by atomic mass is 15.0. The van der Waals surface area contributed by atoms with Crippen molar-refractivity contribution in [2.24, 2.45) is 0 Å². The molecule has 0 bridgehead atoms. The number of hydrogen-bond donors (Lipinski definition) is 0. The van der Waals surface area contributed by atoms with E-state index in [1.807, 2.05) is 18.2 Å². The molecule has 0 N–H and O–H groups in total. The fourth-order valence-electron chi connectivity index (χ4n) is 8.13. The number of aromatic nitrogens is 4. The quantitative estimate of drug-likeness (QED) is 0.179. The van der Waals surface area contributed by atoms with E-state index in [2.05, 4.69) is 180 Å². The second-order valence-electron chi connectivity index (χ2n) is 14.1. The van der Waals surface area contributed by atoms with Crippen molar-refractivity contribution in [2.75, 3.05) is 0 Å². The van der Waals surface area contributed by atoms with E-state index in [0.29, 0.717) is 17.5 Å². The van der Waals surface area contributed by atoms with Crippen LogP contribution < -0.4 is 0 Å². The molecular weight excluding hydrogens is 669 g/mol. The maximum absolute atomic E-state index is 5.21. The second-order valence-corrected chi connectivity index (χ2v) is 14.1. The van der Waals surface area contributed by atoms with Crippen LogP contribution in [0.1, 0.15) is 0 Å². The van der Waals surface area contributed by atoms with Crippen LogP contribution in [0.5, 0.6) is 0 Å². The normalized spacial score (nSPS) is 11.6. The lowest BCUT2D eigenvalue weighted by molar-refractivity contribution is 1.07. The van der Waals surface area contributed by atoms with E-state index < -0.39 is 0 Å². The minimum atomic E-state index is 0.626. The van der Waals surface area contributed by atoms with Gasteiger partial charge in [0.05, 0.1) is 16.7 Å². The summed E-state index contributed by atoms with van der Waals surface area (Å²) in [6, 6.07) is 68.7. The molecule has 0 aliphatic carbocycles. The molecule has 4 heteroatoms. The number of para-hydroxylation sites is 1. The molecule has 0 aliphatic heterocycles. The molecule has 0 radical (unpaired) electrons. The molecular formula is C51H32N4. The summed E-state index contributed by atoms with van der Waals surface area (Å²) in [5.74, 6) is 1.89. The van der Waals surface area contributed by atoms with Gasteiger partial charge >= 0.3 is 0 Å². The van der Waals surface area contributed by atoms with E-state index in [0.717, 1.165) is 49.7 Å². The highest BCUT2D eigenvalue weighted by Gasteiger charge is 2.19. The van der Waals surface area contributed by atoms with Crippen LogP contribution in [-0.4, -0.2) is 19.5 Å². The lowest BCUT2D eigenvalue weighted by atomic mass is 10.00. The van der Waals surface area contributed by atoms with Crippen LogP contribution in [0.15, 0.2) is 194 Å². The Balaban J connectivity index is 1.11. The Labute approximate surface area is 317 Å². The molecule has 0 unspecified atom stereocenters. The molecule has 0 spiro atoms. The minimum Gasteiger partial charge on any atom is -0.309 e. The lowest BCUT2D eigenvalue weighted by Gasteiger charge is -2.15. The summed E-state index contributed by atoms with van der Waals surface area (Å²) in [4.78, 5) is 15.4. The van der Waals surface area contributed by atoms with Crippen LogP contribution >= 0.6 is 0 Å². The standard InChI is InChI=1S/C51H32N4/c1-2-14-36(15-3-1)49-52-50(37-25-22-34(23-26-37)39-27-24-33-12-4-5-16-38(33)30-39)54-51(53-49)41-31-40-17-7-8-18-42(40)47(32-41)55-45-21-11-10-20-44(45)48-43-19-9-6-13-35(43)28-29-46(48)55/h1-32H. The fourth-order valence-corrected chi connectivity index (χ4v) is 8.13. The number of benzene rings is 9. The van der Waals surface area contributed by atoms with Crippen LogP contribution in [0, 0.1) is 0 Å². The molecule has 0 amide bonds. The Bertz CT molecular complexity index is 3250. The Morgan fingerprint density at radius 1 is 0.291 bits per heavy atom. The molecule has 2 aromatic heterocycles. The van der Waals surface area contributed by atoms with Crippen molar-refractivity contribution in [3.05, 3.63) is 194 Å². The number of fused-ring (bicyclic) bond motifs is 7. The largest absolute Gasteiger partial charge is 0.309 e. The maximum atomic E-state index is 5.21. The highest BCUT2D eigenvalue weighted by Crippen LogP contribution is 2.40. The lowest BCUT2D eigenvalue weighted by Crippen LogP contribution is -2.02. The molecule has 55 heavy (non-hydrogen) atoms. The van der Waals surface area contributed by atoms with Crippen molar-refractivity contribution >= 4 is 54.1 Å². The van der Waals surface area contributed by atoms with Gasteiger partial charge in [0.1, 0.15) is 0 Å². The van der Waals surface area contributed by atoms with Crippen molar-refractivity contribution in [3.63, 3.8) is 0 Å². The molecule has 256 valence electrons. The van der Waals surface area contributed by atoms with Gasteiger partial charge in [0.15, 0.2) is 17.5 Å². The Morgan fingerprint density at radius 2 is 0.818 bits per heavy atom. The van der Waals surface area contributed by atoms with Crippen LogP contribution in [-0.2, 0) is 0 Å². The van der Waals surface area contributed by atoms with E-state index in [4.69, 9.17) is 15.0 Å². The van der Waals surface area contributed by atoms with Crippen LogP contribution in [0.4, 0.5) is 0 Å². The van der Waals surface area contributed by atoms with Gasteiger partial charge in [-0.1, -0.05) is 164 Å². The maximum Gasteiger partial charge on any atom is 0.164 e. The zero-order chi connectivity index (χ0) is 36.3. The third-order valence-corrected chi connectivity index (χ3v) is 10.8. The molecule has 0 aliphatic rings. The minimum absolute atomic E-state index is 0.626. The van der Waals surface area contributed by atoms with E-state index in [9.17, 15) is 0 Å². The average Bonchev–Trinajstić information content (AvgIpc) is 3.61. The summed E-state index contributed by atoms with van der Waals surface area (Å²) >= 11 is 0. The average molecular weight is 701 g/mol. The SMILES string of the molecule is c1ccc(-c2nc(-c3ccc(-c4ccc5ccccc5c4)cc3)nc(-c3cc(-n4c5ccccc5c5c6ccccc6ccc54)c4ccccc4c3)n2)cc1. The predicted octanol–water partition coefficient (Wildman–Crippen LogP) is 13.1. The first kappa shape index (κ1) is 31.1. The monoisotopic (exact) mass is 700 g/mol. The summed E-state index contributed by atoms with van der Waals surface area (Å²) in [6.45, 7) is 0. The van der Waals surface area contributed by atoms with Gasteiger partial charge in [-0.05, 0) is 68.4 Å². The Kier molecular flexibility index (Phi) is 7.14. The van der Waals surface area contributed by atoms with Gasteiger partial charge in [-0.25, -0.2) is 15.0 Å². The van der Waals surface area contributed by atoms with Crippen LogP contribution in [0.3, 0.4) is 0 Å². The van der Waals surface area contributed by atoms with E-state index in [1.54, 1.807) is 0 Å². The molecule has 0 saturated carbocycles. The number of rotatable bonds is 5. The van der Waals surface area contributed by atoms with Gasteiger partial charge in [0.2, 0.25) is 0 Å². The van der Waals surface area contributed by atoms with Crippen LogP contribution in [0.25, 0.3) is 105 Å². The first-order valence-corrected chi connectivity index (χ1v) is 18.6. The number of nitrogens with zero attached hydrogens (tertiary/aromatic N) is 4. The molecule has 0 atom stereocenters. The van der Waals surface area contributed by atoms with Crippen LogP contribution in [0.2, 0.25) is 0 Å².